The van der Waals surface area contributed by atoms with E-state index in [1.54, 1.807) is 0 Å². The highest BCUT2D eigenvalue weighted by Crippen LogP contribution is 2.36. The number of nitrogens with zero attached hydrogens (tertiary/aromatic N) is 2. The van der Waals surface area contributed by atoms with Gasteiger partial charge < -0.3 is 25.2 Å². The minimum absolute atomic E-state index is 0.256. The number of hydrogen-bond donors (Lipinski definition) is 1. The maximum atomic E-state index is 10.8. The molecule has 2 N–H and O–H groups in total. The number of pyridine rings is 1. The van der Waals surface area contributed by atoms with E-state index in [1.807, 2.05) is 27.7 Å². The first-order chi connectivity index (χ1) is 8.62. The highest BCUT2D eigenvalue weighted by atomic mass is 16.7. The van der Waals surface area contributed by atoms with E-state index in [2.05, 4.69) is 4.98 Å². The molecule has 19 heavy (non-hydrogen) atoms. The molecule has 0 radical (unpaired) electrons. The lowest BCUT2D eigenvalue weighted by Crippen LogP contribution is -2.41. The summed E-state index contributed by atoms with van der Waals surface area (Å²) in [6, 6.07) is 2.73. The zero-order valence-corrected chi connectivity index (χ0v) is 11.3. The highest BCUT2D eigenvalue weighted by molar-refractivity contribution is 6.61. The second kappa shape index (κ2) is 4.17. The van der Waals surface area contributed by atoms with Crippen LogP contribution in [0.3, 0.4) is 0 Å². The van der Waals surface area contributed by atoms with Gasteiger partial charge in [-0.05, 0) is 37.6 Å². The third-order valence-corrected chi connectivity index (χ3v) is 3.54. The summed E-state index contributed by atoms with van der Waals surface area (Å²) < 4.78 is 11.6. The van der Waals surface area contributed by atoms with Crippen LogP contribution in [0.15, 0.2) is 12.1 Å². The van der Waals surface area contributed by atoms with Gasteiger partial charge in [0.25, 0.3) is 0 Å². The van der Waals surface area contributed by atoms with E-state index in [-0.39, 0.29) is 11.5 Å². The fraction of sp³-hybridized carbons (Fsp3) is 0.545. The number of nitrogen functional groups attached to an aromatic ring is 1. The Morgan fingerprint density at radius 1 is 1.26 bits per heavy atom. The predicted octanol–water partition coefficient (Wildman–Crippen LogP) is 0.871. The summed E-state index contributed by atoms with van der Waals surface area (Å²) in [6.45, 7) is 7.59. The third kappa shape index (κ3) is 2.41. The maximum absolute atomic E-state index is 10.8. The van der Waals surface area contributed by atoms with Crippen molar-refractivity contribution in [1.29, 1.82) is 0 Å². The van der Waals surface area contributed by atoms with E-state index in [1.165, 1.54) is 12.1 Å². The zero-order valence-electron chi connectivity index (χ0n) is 11.3. The van der Waals surface area contributed by atoms with Gasteiger partial charge in [0.2, 0.25) is 0 Å². The molecule has 0 bridgehead atoms. The van der Waals surface area contributed by atoms with Crippen LogP contribution in [0.2, 0.25) is 0 Å². The molecule has 0 aliphatic carbocycles. The predicted molar refractivity (Wildman–Crippen MR) is 71.0 cm³/mol. The van der Waals surface area contributed by atoms with E-state index in [9.17, 15) is 10.1 Å². The molecule has 1 aromatic rings. The van der Waals surface area contributed by atoms with E-state index < -0.39 is 23.2 Å². The molecular formula is C11H16BN3O4. The summed E-state index contributed by atoms with van der Waals surface area (Å²) in [4.78, 5) is 14.1. The SMILES string of the molecule is CC1(C)OB(c2cc(N)cc([N+](=O)[O-])n2)OC1(C)C. The number of nitrogens with two attached hydrogens (primary N) is 1. The van der Waals surface area contributed by atoms with Gasteiger partial charge in [0.15, 0.2) is 5.59 Å². The molecular weight excluding hydrogens is 249 g/mol. The van der Waals surface area contributed by atoms with Crippen LogP contribution in [0.5, 0.6) is 0 Å². The summed E-state index contributed by atoms with van der Waals surface area (Å²) in [5, 5.41) is 10.8. The van der Waals surface area contributed by atoms with E-state index in [0.717, 1.165) is 0 Å². The van der Waals surface area contributed by atoms with Gasteiger partial charge in [0.1, 0.15) is 0 Å². The second-order valence-corrected chi connectivity index (χ2v) is 5.53. The molecule has 0 saturated carbocycles. The fourth-order valence-electron chi connectivity index (χ4n) is 1.74. The van der Waals surface area contributed by atoms with Gasteiger partial charge in [-0.3, -0.25) is 0 Å². The number of anilines is 1. The molecule has 1 aromatic heterocycles. The molecule has 2 rings (SSSR count). The monoisotopic (exact) mass is 265 g/mol. The molecule has 0 unspecified atom stereocenters. The minimum Gasteiger partial charge on any atom is -0.398 e. The standard InChI is InChI=1S/C11H16BN3O4/c1-10(2)11(3,4)19-12(18-10)8-5-7(13)6-9(14-8)15(16)17/h5-6H,1-4H3,(H2,13,14). The maximum Gasteiger partial charge on any atom is 0.542 e. The van der Waals surface area contributed by atoms with Crippen LogP contribution in [0.1, 0.15) is 27.7 Å². The molecule has 0 spiro atoms. The summed E-state index contributed by atoms with van der Waals surface area (Å²) in [5.74, 6) is -0.315. The van der Waals surface area contributed by atoms with Crippen molar-refractivity contribution < 1.29 is 14.2 Å². The van der Waals surface area contributed by atoms with Gasteiger partial charge in [-0.1, -0.05) is 0 Å². The van der Waals surface area contributed by atoms with E-state index in [0.29, 0.717) is 5.59 Å². The number of rotatable bonds is 2. The first-order valence-electron chi connectivity index (χ1n) is 5.90. The van der Waals surface area contributed by atoms with Gasteiger partial charge in [-0.2, -0.15) is 0 Å². The second-order valence-electron chi connectivity index (χ2n) is 5.53. The Bertz CT molecular complexity index is 517. The first kappa shape index (κ1) is 13.8. The Balaban J connectivity index is 2.37. The first-order valence-corrected chi connectivity index (χ1v) is 5.90. The lowest BCUT2D eigenvalue weighted by molar-refractivity contribution is -0.389. The van der Waals surface area contributed by atoms with Crippen molar-refractivity contribution in [3.05, 3.63) is 22.2 Å². The molecule has 1 fully saturated rings. The molecule has 8 heteroatoms. The lowest BCUT2D eigenvalue weighted by atomic mass is 9.84. The van der Waals surface area contributed by atoms with Crippen molar-refractivity contribution in [3.8, 4) is 0 Å². The summed E-state index contributed by atoms with van der Waals surface area (Å²) in [6.07, 6.45) is 0. The van der Waals surface area contributed by atoms with Gasteiger partial charge in [0.05, 0.1) is 17.3 Å². The molecule has 1 saturated heterocycles. The molecule has 2 heterocycles. The van der Waals surface area contributed by atoms with Crippen LogP contribution in [0.25, 0.3) is 0 Å². The van der Waals surface area contributed by atoms with Crippen molar-refractivity contribution in [2.24, 2.45) is 0 Å². The van der Waals surface area contributed by atoms with E-state index >= 15 is 0 Å². The Labute approximate surface area is 111 Å². The van der Waals surface area contributed by atoms with Crippen LogP contribution < -0.4 is 11.3 Å². The van der Waals surface area contributed by atoms with Crippen molar-refractivity contribution >= 4 is 24.2 Å². The van der Waals surface area contributed by atoms with Crippen LogP contribution >= 0.6 is 0 Å². The molecule has 1 aliphatic heterocycles. The normalized spacial score (nSPS) is 20.5. The van der Waals surface area contributed by atoms with Gasteiger partial charge in [-0.25, -0.2) is 0 Å². The minimum atomic E-state index is -0.757. The average molecular weight is 265 g/mol. The van der Waals surface area contributed by atoms with Crippen molar-refractivity contribution in [2.75, 3.05) is 5.73 Å². The van der Waals surface area contributed by atoms with Gasteiger partial charge >= 0.3 is 12.9 Å². The van der Waals surface area contributed by atoms with E-state index in [4.69, 9.17) is 15.0 Å². The Kier molecular flexibility index (Phi) is 3.02. The lowest BCUT2D eigenvalue weighted by Gasteiger charge is -2.32. The molecule has 102 valence electrons. The Morgan fingerprint density at radius 2 is 1.79 bits per heavy atom. The van der Waals surface area contributed by atoms with Crippen LogP contribution in [-0.4, -0.2) is 28.2 Å². The Morgan fingerprint density at radius 3 is 2.26 bits per heavy atom. The van der Waals surface area contributed by atoms with Gasteiger partial charge in [-0.15, -0.1) is 0 Å². The van der Waals surface area contributed by atoms with Crippen LogP contribution in [-0.2, 0) is 9.31 Å². The van der Waals surface area contributed by atoms with Gasteiger partial charge in [0, 0.05) is 11.8 Å². The summed E-state index contributed by atoms with van der Waals surface area (Å²) in [5.41, 5.74) is 5.15. The van der Waals surface area contributed by atoms with Crippen molar-refractivity contribution in [2.45, 2.75) is 38.9 Å². The summed E-state index contributed by atoms with van der Waals surface area (Å²) in [7, 11) is -0.757. The van der Waals surface area contributed by atoms with Crippen LogP contribution in [0.4, 0.5) is 11.5 Å². The zero-order chi connectivity index (χ0) is 14.4. The molecule has 0 aromatic carbocycles. The van der Waals surface area contributed by atoms with Crippen molar-refractivity contribution in [1.82, 2.24) is 4.98 Å². The fourth-order valence-corrected chi connectivity index (χ4v) is 1.74. The highest BCUT2D eigenvalue weighted by Gasteiger charge is 2.54. The molecule has 7 nitrogen and oxygen atoms in total. The average Bonchev–Trinajstić information content (AvgIpc) is 2.47. The quantitative estimate of drug-likeness (QED) is 0.483. The van der Waals surface area contributed by atoms with Crippen LogP contribution in [0, 0.1) is 10.1 Å². The number of nitro groups is 1. The topological polar surface area (TPSA) is 101 Å². The third-order valence-electron chi connectivity index (χ3n) is 3.54. The van der Waals surface area contributed by atoms with Crippen molar-refractivity contribution in [3.63, 3.8) is 0 Å². The molecule has 1 aliphatic rings. The summed E-state index contributed by atoms with van der Waals surface area (Å²) >= 11 is 0. The largest absolute Gasteiger partial charge is 0.542 e. The Hall–Kier alpha value is -1.67. The molecule has 0 atom stereocenters. The molecule has 0 amide bonds. The number of hydrogen-bond acceptors (Lipinski definition) is 6. The smallest absolute Gasteiger partial charge is 0.398 e. The number of aromatic nitrogens is 1.